The molecule has 0 aliphatic carbocycles. The summed E-state index contributed by atoms with van der Waals surface area (Å²) in [5.41, 5.74) is 0. The monoisotopic (exact) mass is 96.1 g/mol. The van der Waals surface area contributed by atoms with Gasteiger partial charge in [0.05, 0.1) is 6.26 Å². The Balaban J connectivity index is 3.09. The standard InChI is InChI=1S/C6H8O/c1-3-4-5-6-7-2/h3-6H,1-2H2. The highest BCUT2D eigenvalue weighted by atomic mass is 16.5. The molecule has 7 heavy (non-hydrogen) atoms. The van der Waals surface area contributed by atoms with Crippen LogP contribution >= 0.6 is 0 Å². The molecule has 0 atom stereocenters. The van der Waals surface area contributed by atoms with Gasteiger partial charge in [0.1, 0.15) is 7.11 Å². The van der Waals surface area contributed by atoms with E-state index in [2.05, 4.69) is 18.8 Å². The maximum Gasteiger partial charge on any atom is 0.121 e. The third-order valence-corrected chi connectivity index (χ3v) is 0.422. The number of allylic oxidation sites excluding steroid dienone is 3. The van der Waals surface area contributed by atoms with Gasteiger partial charge in [-0.25, -0.2) is 0 Å². The van der Waals surface area contributed by atoms with Gasteiger partial charge >= 0.3 is 0 Å². The Bertz CT molecular complexity index is 72.2. The largest absolute Gasteiger partial charge is 0.498 e. The van der Waals surface area contributed by atoms with Crippen molar-refractivity contribution in [1.82, 2.24) is 0 Å². The van der Waals surface area contributed by atoms with Crippen molar-refractivity contribution in [3.05, 3.63) is 38.5 Å². The Morgan fingerprint density at radius 3 is 2.43 bits per heavy atom. The normalized spacial score (nSPS) is 11.1. The van der Waals surface area contributed by atoms with E-state index in [9.17, 15) is 0 Å². The first kappa shape index (κ1) is 6.28. The Kier molecular flexibility index (Phi) is 4.74. The van der Waals surface area contributed by atoms with E-state index in [4.69, 9.17) is 0 Å². The third kappa shape index (κ3) is 5.28. The van der Waals surface area contributed by atoms with E-state index in [1.807, 2.05) is 0 Å². The minimum Gasteiger partial charge on any atom is -0.498 e. The van der Waals surface area contributed by atoms with Gasteiger partial charge in [0.2, 0.25) is 0 Å². The zero-order chi connectivity index (χ0) is 5.54. The van der Waals surface area contributed by atoms with E-state index in [1.54, 1.807) is 18.2 Å². The van der Waals surface area contributed by atoms with Gasteiger partial charge in [-0.3, -0.25) is 0 Å². The SMILES string of the molecule is [CH2]C=CC=CO[CH2]. The second-order valence-electron chi connectivity index (χ2n) is 0.923. The molecule has 0 aliphatic heterocycles. The average Bonchev–Trinajstić information content (AvgIpc) is 1.69. The Hall–Kier alpha value is -0.720. The highest BCUT2D eigenvalue weighted by Gasteiger charge is 1.56. The Morgan fingerprint density at radius 1 is 1.29 bits per heavy atom. The van der Waals surface area contributed by atoms with Crippen LogP contribution in [0.15, 0.2) is 24.5 Å². The quantitative estimate of drug-likeness (QED) is 0.375. The van der Waals surface area contributed by atoms with E-state index in [0.717, 1.165) is 0 Å². The fourth-order valence-electron chi connectivity index (χ4n) is 0.179. The van der Waals surface area contributed by atoms with Crippen molar-refractivity contribution >= 4 is 0 Å². The van der Waals surface area contributed by atoms with Gasteiger partial charge in [-0.1, -0.05) is 12.2 Å². The fraction of sp³-hybridized carbons (Fsp3) is 0. The minimum atomic E-state index is 1.47. The molecule has 0 unspecified atom stereocenters. The van der Waals surface area contributed by atoms with Gasteiger partial charge in [0.15, 0.2) is 0 Å². The summed E-state index contributed by atoms with van der Waals surface area (Å²) in [6, 6.07) is 0. The molecule has 0 aromatic rings. The molecule has 0 amide bonds. The first-order valence-corrected chi connectivity index (χ1v) is 1.93. The van der Waals surface area contributed by atoms with E-state index in [-0.39, 0.29) is 0 Å². The highest BCUT2D eigenvalue weighted by molar-refractivity contribution is 5.00. The summed E-state index contributed by atoms with van der Waals surface area (Å²) < 4.78 is 4.33. The summed E-state index contributed by atoms with van der Waals surface area (Å²) >= 11 is 0. The molecule has 1 heteroatoms. The topological polar surface area (TPSA) is 9.23 Å². The second kappa shape index (κ2) is 5.28. The van der Waals surface area contributed by atoms with Crippen LogP contribution in [0, 0.1) is 14.0 Å². The van der Waals surface area contributed by atoms with Crippen molar-refractivity contribution in [2.75, 3.05) is 0 Å². The van der Waals surface area contributed by atoms with E-state index in [1.165, 1.54) is 6.26 Å². The summed E-state index contributed by atoms with van der Waals surface area (Å²) in [7, 11) is 3.12. The van der Waals surface area contributed by atoms with Gasteiger partial charge < -0.3 is 4.74 Å². The summed E-state index contributed by atoms with van der Waals surface area (Å²) in [6.45, 7) is 3.45. The lowest BCUT2D eigenvalue weighted by Gasteiger charge is -1.77. The van der Waals surface area contributed by atoms with Gasteiger partial charge in [0.25, 0.3) is 0 Å². The summed E-state index contributed by atoms with van der Waals surface area (Å²) in [5.74, 6) is 0. The number of rotatable bonds is 2. The third-order valence-electron chi connectivity index (χ3n) is 0.422. The number of ether oxygens (including phenoxy) is 1. The molecule has 0 spiro atoms. The lowest BCUT2D eigenvalue weighted by molar-refractivity contribution is 0.394. The lowest BCUT2D eigenvalue weighted by Crippen LogP contribution is -1.55. The minimum absolute atomic E-state index is 1.47. The van der Waals surface area contributed by atoms with Crippen LogP contribution in [0.25, 0.3) is 0 Å². The molecule has 2 radical (unpaired) electrons. The predicted molar refractivity (Wildman–Crippen MR) is 30.1 cm³/mol. The van der Waals surface area contributed by atoms with E-state index >= 15 is 0 Å². The smallest absolute Gasteiger partial charge is 0.121 e. The molecule has 1 nitrogen and oxygen atoms in total. The highest BCUT2D eigenvalue weighted by Crippen LogP contribution is 1.75. The Labute approximate surface area is 44.3 Å². The number of hydrogen-bond donors (Lipinski definition) is 0. The molecule has 0 heterocycles. The molecular weight excluding hydrogens is 88.1 g/mol. The van der Waals surface area contributed by atoms with Gasteiger partial charge in [0, 0.05) is 0 Å². The van der Waals surface area contributed by atoms with Crippen molar-refractivity contribution in [2.45, 2.75) is 0 Å². The zero-order valence-corrected chi connectivity index (χ0v) is 4.13. The van der Waals surface area contributed by atoms with Crippen molar-refractivity contribution in [3.8, 4) is 0 Å². The van der Waals surface area contributed by atoms with Gasteiger partial charge in [-0.15, -0.1) is 0 Å². The maximum absolute atomic E-state index is 4.33. The Morgan fingerprint density at radius 2 is 2.00 bits per heavy atom. The summed E-state index contributed by atoms with van der Waals surface area (Å²) in [6.07, 6.45) is 6.60. The van der Waals surface area contributed by atoms with Crippen LogP contribution < -0.4 is 0 Å². The van der Waals surface area contributed by atoms with Crippen LogP contribution in [0.5, 0.6) is 0 Å². The average molecular weight is 96.1 g/mol. The van der Waals surface area contributed by atoms with Crippen LogP contribution in [0.3, 0.4) is 0 Å². The zero-order valence-electron chi connectivity index (χ0n) is 4.13. The summed E-state index contributed by atoms with van der Waals surface area (Å²) in [4.78, 5) is 0. The van der Waals surface area contributed by atoms with Crippen LogP contribution in [0.4, 0.5) is 0 Å². The molecule has 0 rings (SSSR count). The molecule has 0 aliphatic rings. The van der Waals surface area contributed by atoms with Crippen molar-refractivity contribution in [1.29, 1.82) is 0 Å². The first-order chi connectivity index (χ1) is 3.41. The van der Waals surface area contributed by atoms with Gasteiger partial charge in [-0.2, -0.15) is 0 Å². The molecule has 0 aromatic heterocycles. The van der Waals surface area contributed by atoms with Crippen LogP contribution in [0.2, 0.25) is 0 Å². The van der Waals surface area contributed by atoms with Crippen molar-refractivity contribution in [2.24, 2.45) is 0 Å². The molecule has 0 aromatic carbocycles. The van der Waals surface area contributed by atoms with Crippen LogP contribution in [0.1, 0.15) is 0 Å². The van der Waals surface area contributed by atoms with Gasteiger partial charge in [-0.05, 0) is 13.0 Å². The maximum atomic E-state index is 4.33. The van der Waals surface area contributed by atoms with Crippen molar-refractivity contribution in [3.63, 3.8) is 0 Å². The molecule has 0 saturated heterocycles. The molecular formula is C6H8O. The molecule has 0 N–H and O–H groups in total. The molecule has 0 fully saturated rings. The first-order valence-electron chi connectivity index (χ1n) is 1.93. The fourth-order valence-corrected chi connectivity index (χ4v) is 0.179. The second-order valence-corrected chi connectivity index (χ2v) is 0.923. The molecule has 0 bridgehead atoms. The van der Waals surface area contributed by atoms with Crippen molar-refractivity contribution < 1.29 is 4.74 Å². The van der Waals surface area contributed by atoms with Crippen LogP contribution in [-0.2, 0) is 4.74 Å². The molecule has 38 valence electrons. The predicted octanol–water partition coefficient (Wildman–Crippen LogP) is 1.70. The summed E-state index contributed by atoms with van der Waals surface area (Å²) in [5, 5.41) is 0. The molecule has 0 saturated carbocycles. The van der Waals surface area contributed by atoms with E-state index < -0.39 is 0 Å². The van der Waals surface area contributed by atoms with E-state index in [0.29, 0.717) is 0 Å². The van der Waals surface area contributed by atoms with Crippen LogP contribution in [-0.4, -0.2) is 0 Å². The number of hydrogen-bond acceptors (Lipinski definition) is 1. The lowest BCUT2D eigenvalue weighted by atomic mass is 10.5.